The number of rotatable bonds is 27. The molecule has 122 heavy (non-hydrogen) atoms. The van der Waals surface area contributed by atoms with Gasteiger partial charge in [0.25, 0.3) is 17.7 Å². The highest BCUT2D eigenvalue weighted by molar-refractivity contribution is 6.32. The lowest BCUT2D eigenvalue weighted by Crippen LogP contribution is -2.27. The van der Waals surface area contributed by atoms with Crippen LogP contribution in [0.2, 0.25) is 20.5 Å². The van der Waals surface area contributed by atoms with Crippen molar-refractivity contribution in [2.75, 3.05) is 73.9 Å². The number of nitrogens with zero attached hydrogens (tertiary/aromatic N) is 4. The Morgan fingerprint density at radius 3 is 1.16 bits per heavy atom. The molecule has 7 aliphatic rings. The number of aliphatic hydroxyl groups excluding tert-OH is 3. The van der Waals surface area contributed by atoms with Crippen molar-refractivity contribution in [2.45, 2.75) is 171 Å². The van der Waals surface area contributed by atoms with Crippen LogP contribution in [0.4, 0.5) is 4.39 Å². The second kappa shape index (κ2) is 38.1. The van der Waals surface area contributed by atoms with E-state index in [1.54, 1.807) is 78.9 Å². The number of Topliss-reactive ketones (excluding diaryl/α,β-unsaturated/α-hetero) is 4. The quantitative estimate of drug-likeness (QED) is 0.0186. The Hall–Kier alpha value is -10.5. The lowest BCUT2D eigenvalue weighted by molar-refractivity contribution is -0.125. The molecule has 15 rings (SSSR count). The first-order chi connectivity index (χ1) is 57.9. The van der Waals surface area contributed by atoms with E-state index in [4.69, 9.17) is 99.5 Å². The molecule has 0 radical (unpaired) electrons. The molecule has 8 N–H and O–H groups in total. The van der Waals surface area contributed by atoms with Gasteiger partial charge in [-0.25, -0.2) is 24.3 Å². The molecule has 0 aliphatic carbocycles. The molecular formula is C89H97Cl4FN8O20. The fourth-order valence-electron chi connectivity index (χ4n) is 14.5. The van der Waals surface area contributed by atoms with Crippen molar-refractivity contribution in [3.05, 3.63) is 185 Å². The molecule has 0 bridgehead atoms. The molecular weight excluding hydrogens is 1660 g/mol. The fraction of sp³-hybridized carbons (Fsp3) is 0.427. The third kappa shape index (κ3) is 20.5. The van der Waals surface area contributed by atoms with Crippen LogP contribution in [0.1, 0.15) is 212 Å². The zero-order valence-electron chi connectivity index (χ0n) is 69.3. The van der Waals surface area contributed by atoms with Crippen molar-refractivity contribution < 1.29 is 101 Å². The number of hydrogen-bond donors (Lipinski definition) is 7. The van der Waals surface area contributed by atoms with E-state index in [1.807, 2.05) is 47.6 Å². The minimum absolute atomic E-state index is 0.00347. The Bertz CT molecular complexity index is 5360. The molecule has 4 aromatic carbocycles. The highest BCUT2D eigenvalue weighted by Gasteiger charge is 2.41. The van der Waals surface area contributed by atoms with Crippen LogP contribution in [0.25, 0.3) is 11.3 Å². The zero-order chi connectivity index (χ0) is 88.0. The number of nitrogens with two attached hydrogens (primary N) is 1. The summed E-state index contributed by atoms with van der Waals surface area (Å²) in [7, 11) is 4.40. The summed E-state index contributed by atoms with van der Waals surface area (Å²) >= 11 is 24.5. The molecule has 7 aliphatic heterocycles. The molecule has 3 amide bonds. The number of halogens is 5. The first-order valence-electron chi connectivity index (χ1n) is 39.8. The number of nitrogens with one attached hydrogen (secondary N) is 3. The summed E-state index contributed by atoms with van der Waals surface area (Å²) < 4.78 is 69.9. The van der Waals surface area contributed by atoms with E-state index in [2.05, 4.69) is 49.7 Å². The monoisotopic (exact) mass is 1760 g/mol. The third-order valence-corrected chi connectivity index (χ3v) is 23.0. The Morgan fingerprint density at radius 2 is 0.795 bits per heavy atom. The molecule has 3 saturated heterocycles. The van der Waals surface area contributed by atoms with Crippen LogP contribution in [-0.4, -0.2) is 168 Å². The molecule has 648 valence electrons. The summed E-state index contributed by atoms with van der Waals surface area (Å²) in [6, 6.07) is 25.8. The lowest BCUT2D eigenvalue weighted by atomic mass is 9.85. The van der Waals surface area contributed by atoms with Gasteiger partial charge in [-0.05, 0) is 110 Å². The van der Waals surface area contributed by atoms with Gasteiger partial charge >= 0.3 is 0 Å². The van der Waals surface area contributed by atoms with Crippen LogP contribution in [0.15, 0.2) is 97.1 Å². The molecule has 28 nitrogen and oxygen atoms in total. The molecule has 11 heterocycles. The molecule has 6 unspecified atom stereocenters. The van der Waals surface area contributed by atoms with Gasteiger partial charge in [0.1, 0.15) is 29.1 Å². The normalized spacial score (nSPS) is 18.6. The Morgan fingerprint density at radius 1 is 0.451 bits per heavy atom. The summed E-state index contributed by atoms with van der Waals surface area (Å²) in [5.74, 6) is 2.58. The highest BCUT2D eigenvalue weighted by Crippen LogP contribution is 2.49. The smallest absolute Gasteiger partial charge is 0.261 e. The molecule has 8 aromatic rings. The van der Waals surface area contributed by atoms with Crippen molar-refractivity contribution >= 4 is 87.3 Å². The SMILES string of the molecule is CC1(C)COc2c1cc(C(O)CN)nc2Cl.COc1cc(C(=O)CCC(=O)c2cc3c(c(Cl)n2)OCC3(C)C)ccc1OC1CCNC1=O.COc1cc(C(=O)CCC(O)c2cc3c(c(-c4ccc(F)c(Cl)c4)n2)OCC3(C)C)ccc1OC1CCNC1=O.COc1cc(C(=O)CCC(O)c2cc3c(c(Cl)n2)OCC3(C)C)ccc1OC1CCNC1=O. The predicted octanol–water partition coefficient (Wildman–Crippen LogP) is 13.5. The largest absolute Gasteiger partial charge is 0.493 e. The van der Waals surface area contributed by atoms with Gasteiger partial charge in [-0.3, -0.25) is 33.6 Å². The molecule has 33 heteroatoms. The van der Waals surface area contributed by atoms with Crippen LogP contribution in [0.3, 0.4) is 0 Å². The van der Waals surface area contributed by atoms with E-state index in [9.17, 15) is 53.3 Å². The topological polar surface area (TPSA) is 386 Å². The van der Waals surface area contributed by atoms with Crippen molar-refractivity contribution in [1.29, 1.82) is 0 Å². The number of pyridine rings is 4. The molecule has 0 spiro atoms. The summed E-state index contributed by atoms with van der Waals surface area (Å²) in [6.07, 6.45) is -2.37. The summed E-state index contributed by atoms with van der Waals surface area (Å²) in [5, 5.41) is 40.2. The van der Waals surface area contributed by atoms with Gasteiger partial charge in [0.2, 0.25) is 0 Å². The van der Waals surface area contributed by atoms with Gasteiger partial charge in [0.05, 0.1) is 82.1 Å². The number of ether oxygens (including phenoxy) is 10. The van der Waals surface area contributed by atoms with Crippen molar-refractivity contribution in [3.63, 3.8) is 0 Å². The van der Waals surface area contributed by atoms with Gasteiger partial charge in [-0.1, -0.05) is 102 Å². The number of benzene rings is 4. The number of hydrogen-bond acceptors (Lipinski definition) is 25. The van der Waals surface area contributed by atoms with Gasteiger partial charge in [0.15, 0.2) is 109 Å². The average molecular weight is 1760 g/mol. The molecule has 3 fully saturated rings. The second-order valence-electron chi connectivity index (χ2n) is 32.9. The number of methoxy groups -OCH3 is 3. The van der Waals surface area contributed by atoms with Gasteiger partial charge in [-0.15, -0.1) is 0 Å². The number of amides is 3. The molecule has 4 aromatic heterocycles. The summed E-state index contributed by atoms with van der Waals surface area (Å²) in [6.45, 7) is 20.0. The maximum absolute atomic E-state index is 13.8. The fourth-order valence-corrected chi connectivity index (χ4v) is 15.5. The van der Waals surface area contributed by atoms with Gasteiger partial charge < -0.3 is 84.4 Å². The van der Waals surface area contributed by atoms with Crippen LogP contribution in [0.5, 0.6) is 57.5 Å². The van der Waals surface area contributed by atoms with E-state index >= 15 is 0 Å². The third-order valence-electron chi connectivity index (χ3n) is 21.9. The number of carbonyl (C=O) groups excluding carboxylic acids is 7. The van der Waals surface area contributed by atoms with Crippen LogP contribution < -0.4 is 69.1 Å². The van der Waals surface area contributed by atoms with Gasteiger partial charge in [-0.2, -0.15) is 0 Å². The minimum atomic E-state index is -1.04. The number of aliphatic hydroxyl groups is 3. The minimum Gasteiger partial charge on any atom is -0.493 e. The first kappa shape index (κ1) is 90.7. The zero-order valence-corrected chi connectivity index (χ0v) is 72.3. The second-order valence-corrected chi connectivity index (χ2v) is 34.4. The van der Waals surface area contributed by atoms with Gasteiger partial charge in [0, 0.05) is 137 Å². The maximum atomic E-state index is 13.8. The lowest BCUT2D eigenvalue weighted by Gasteiger charge is -2.19. The van der Waals surface area contributed by atoms with Crippen molar-refractivity contribution in [2.24, 2.45) is 5.73 Å². The van der Waals surface area contributed by atoms with Crippen LogP contribution in [-0.2, 0) is 36.0 Å². The van der Waals surface area contributed by atoms with Crippen LogP contribution >= 0.6 is 46.4 Å². The van der Waals surface area contributed by atoms with E-state index in [-0.39, 0.29) is 129 Å². The average Bonchev–Trinajstić information content (AvgIpc) is 1.59. The van der Waals surface area contributed by atoms with E-state index in [1.165, 1.54) is 33.5 Å². The number of aromatic nitrogens is 4. The van der Waals surface area contributed by atoms with Crippen LogP contribution in [0, 0.1) is 5.82 Å². The first-order valence-corrected chi connectivity index (χ1v) is 41.3. The summed E-state index contributed by atoms with van der Waals surface area (Å²) in [5.41, 5.74) is 11.8. The van der Waals surface area contributed by atoms with Crippen molar-refractivity contribution in [3.8, 4) is 68.8 Å². The van der Waals surface area contributed by atoms with E-state index in [0.29, 0.717) is 173 Å². The summed E-state index contributed by atoms with van der Waals surface area (Å²) in [4.78, 5) is 104. The van der Waals surface area contributed by atoms with E-state index in [0.717, 1.165) is 22.3 Å². The van der Waals surface area contributed by atoms with Crippen molar-refractivity contribution in [1.82, 2.24) is 35.9 Å². The predicted molar refractivity (Wildman–Crippen MR) is 451 cm³/mol. The highest BCUT2D eigenvalue weighted by atomic mass is 35.5. The number of carbonyl (C=O) groups is 7. The Balaban J connectivity index is 0.000000154. The number of fused-ring (bicyclic) bond motifs is 4. The van der Waals surface area contributed by atoms with E-state index < -0.39 is 42.4 Å². The Labute approximate surface area is 724 Å². The maximum Gasteiger partial charge on any atom is 0.261 e. The number of ketones is 4. The molecule has 0 saturated carbocycles. The molecule has 6 atom stereocenters. The Kier molecular flexibility index (Phi) is 28.3. The standard InChI is InChI=1S/C30H30ClFN2O6.C24H27ClN2O6.C24H25ClN2O6.C11H15ClN2O2/c1-30(2)15-39-28-18(30)14-21(34-27(28)17-4-6-20(32)19(31)12-17)23(36)8-7-22(35)16-5-9-24(26(13-16)38-3)40-25-10-11-33-29(25)37;2*1-24(2)12-32-21-14(24)11-15(27-22(21)25)17(29)6-5-16(28)13-4-7-18(20(10-13)31-3)33-19-8-9-26-23(19)30;1-11(2)5-16-9-6(11)3-7(8(15)4-13)14-10(9)12/h4-6,9,12-14,23,25,36H,7-8,10-11,15H2,1-3H3,(H,33,37);4,7,10-11,17,19,29H,5-6,8-9,12H2,1-3H3,(H,26,30);4,7,10-11,19H,5-6,8-9,12H2,1-3H3,(H,26,30);3,8,15H,4-5,13H2,1-2H3.